The highest BCUT2D eigenvalue weighted by Gasteiger charge is 2.45. The Morgan fingerprint density at radius 1 is 1.11 bits per heavy atom. The molecule has 1 aromatic carbocycles. The molecule has 1 aromatic heterocycles. The van der Waals surface area contributed by atoms with Gasteiger partial charge in [0.05, 0.1) is 36.6 Å². The van der Waals surface area contributed by atoms with Gasteiger partial charge in [-0.3, -0.25) is 9.52 Å². The number of carbonyl (C=O) groups is 1. The van der Waals surface area contributed by atoms with Crippen LogP contribution in [0.4, 0.5) is 31.8 Å². The molecule has 2 aliphatic heterocycles. The normalized spacial score (nSPS) is 20.6. The zero-order chi connectivity index (χ0) is 27.3. The van der Waals surface area contributed by atoms with Crippen LogP contribution in [0.2, 0.25) is 0 Å². The summed E-state index contributed by atoms with van der Waals surface area (Å²) in [6.07, 6.45) is 4.46. The number of anilines is 4. The highest BCUT2D eigenvalue weighted by molar-refractivity contribution is 7.93. The average molecular weight is 550 g/mol. The lowest BCUT2D eigenvalue weighted by atomic mass is 9.93. The molecule has 1 aliphatic carbocycles. The summed E-state index contributed by atoms with van der Waals surface area (Å²) in [4.78, 5) is 21.4. The molecule has 9 nitrogen and oxygen atoms in total. The number of rotatable bonds is 8. The van der Waals surface area contributed by atoms with E-state index in [-0.39, 0.29) is 5.82 Å². The minimum Gasteiger partial charge on any atom is -0.395 e. The van der Waals surface area contributed by atoms with Gasteiger partial charge in [0.15, 0.2) is 0 Å². The Bertz CT molecular complexity index is 1330. The fraction of sp³-hybridized carbons (Fsp3) is 0.538. The zero-order valence-corrected chi connectivity index (χ0v) is 22.3. The molecule has 3 aliphatic rings. The van der Waals surface area contributed by atoms with Gasteiger partial charge in [0, 0.05) is 13.1 Å². The van der Waals surface area contributed by atoms with E-state index in [1.165, 1.54) is 30.7 Å². The molecule has 1 atom stereocenters. The summed E-state index contributed by atoms with van der Waals surface area (Å²) in [5, 5.41) is 11.1. The first-order valence-electron chi connectivity index (χ1n) is 12.8. The Morgan fingerprint density at radius 3 is 2.39 bits per heavy atom. The SMILES string of the molecule is Cc1cc(NC(=O)c2ccc(NS(=O)(=O)[C@H](C)CO)cc2N2CCC3(CC2)CC3)nc(N2CC(F)(F)C2)c1. The fourth-order valence-corrected chi connectivity index (χ4v) is 5.90. The lowest BCUT2D eigenvalue weighted by Crippen LogP contribution is -2.56. The summed E-state index contributed by atoms with van der Waals surface area (Å²) in [6.45, 7) is 3.37. The van der Waals surface area contributed by atoms with Gasteiger partial charge in [-0.05, 0) is 80.8 Å². The predicted molar refractivity (Wildman–Crippen MR) is 143 cm³/mol. The van der Waals surface area contributed by atoms with Crippen molar-refractivity contribution in [3.63, 3.8) is 0 Å². The van der Waals surface area contributed by atoms with Crippen LogP contribution in [-0.4, -0.2) is 68.4 Å². The molecule has 3 N–H and O–H groups in total. The number of halogens is 2. The number of aliphatic hydroxyl groups excluding tert-OH is 1. The maximum absolute atomic E-state index is 13.5. The second-order valence-electron chi connectivity index (χ2n) is 10.9. The number of aryl methyl sites for hydroxylation is 1. The highest BCUT2D eigenvalue weighted by atomic mass is 32.2. The number of carbonyl (C=O) groups excluding carboxylic acids is 1. The van der Waals surface area contributed by atoms with Gasteiger partial charge in [0.25, 0.3) is 11.8 Å². The molecule has 0 bridgehead atoms. The third-order valence-corrected chi connectivity index (χ3v) is 9.51. The zero-order valence-electron chi connectivity index (χ0n) is 21.5. The number of aromatic nitrogens is 1. The molecule has 5 rings (SSSR count). The molecule has 12 heteroatoms. The van der Waals surface area contributed by atoms with Gasteiger partial charge in [0.1, 0.15) is 16.9 Å². The maximum atomic E-state index is 13.5. The second-order valence-corrected chi connectivity index (χ2v) is 13.0. The van der Waals surface area contributed by atoms with E-state index >= 15 is 0 Å². The highest BCUT2D eigenvalue weighted by Crippen LogP contribution is 2.54. The van der Waals surface area contributed by atoms with E-state index in [9.17, 15) is 27.1 Å². The Kier molecular flexibility index (Phi) is 6.75. The molecule has 0 radical (unpaired) electrons. The molecule has 1 spiro atoms. The molecule has 3 fully saturated rings. The Labute approximate surface area is 221 Å². The summed E-state index contributed by atoms with van der Waals surface area (Å²) >= 11 is 0. The number of alkyl halides is 2. The first-order chi connectivity index (χ1) is 17.9. The number of hydrogen-bond acceptors (Lipinski definition) is 7. The number of benzene rings is 1. The van der Waals surface area contributed by atoms with Gasteiger partial charge < -0.3 is 20.2 Å². The Morgan fingerprint density at radius 2 is 1.79 bits per heavy atom. The third-order valence-electron chi connectivity index (χ3n) is 7.78. The van der Waals surface area contributed by atoms with Crippen molar-refractivity contribution in [3.05, 3.63) is 41.5 Å². The van der Waals surface area contributed by atoms with Crippen molar-refractivity contribution in [2.45, 2.75) is 50.7 Å². The topological polar surface area (TPSA) is 115 Å². The van der Waals surface area contributed by atoms with Crippen molar-refractivity contribution in [3.8, 4) is 0 Å². The quantitative estimate of drug-likeness (QED) is 0.461. The van der Waals surface area contributed by atoms with Gasteiger partial charge in [0.2, 0.25) is 10.0 Å². The summed E-state index contributed by atoms with van der Waals surface area (Å²) in [6, 6.07) is 8.12. The Balaban J connectivity index is 1.41. The van der Waals surface area contributed by atoms with Crippen LogP contribution in [0.25, 0.3) is 0 Å². The predicted octanol–water partition coefficient (Wildman–Crippen LogP) is 3.60. The van der Waals surface area contributed by atoms with Gasteiger partial charge in [-0.1, -0.05) is 0 Å². The summed E-state index contributed by atoms with van der Waals surface area (Å²) in [5.74, 6) is -2.54. The standard InChI is InChI=1S/C26H33F2N5O4S/c1-17-11-22(29-23(12-17)33-15-26(27,28)16-33)30-24(35)20-4-3-19(31-38(36,37)18(2)14-34)13-21(20)32-9-7-25(5-6-25)8-10-32/h3-4,11-13,18,31,34H,5-10,14-16H2,1-2H3,(H,29,30,35)/t18-/m1/s1. The van der Waals surface area contributed by atoms with Crippen LogP contribution < -0.4 is 19.8 Å². The molecule has 206 valence electrons. The fourth-order valence-electron chi connectivity index (χ4n) is 5.04. The first kappa shape index (κ1) is 26.6. The molecule has 1 saturated carbocycles. The number of nitrogens with one attached hydrogen (secondary N) is 2. The number of pyridine rings is 1. The molecular weight excluding hydrogens is 516 g/mol. The monoisotopic (exact) mass is 549 g/mol. The maximum Gasteiger partial charge on any atom is 0.282 e. The van der Waals surface area contributed by atoms with Crippen LogP contribution in [0.1, 0.15) is 48.5 Å². The minimum absolute atomic E-state index is 0.253. The lowest BCUT2D eigenvalue weighted by Gasteiger charge is -2.39. The third kappa shape index (κ3) is 5.56. The van der Waals surface area contributed by atoms with Crippen LogP contribution in [-0.2, 0) is 10.0 Å². The van der Waals surface area contributed by atoms with Gasteiger partial charge >= 0.3 is 0 Å². The number of hydrogen-bond donors (Lipinski definition) is 3. The van der Waals surface area contributed by atoms with Gasteiger partial charge in [-0.25, -0.2) is 22.2 Å². The van der Waals surface area contributed by atoms with Crippen molar-refractivity contribution < 1.29 is 27.1 Å². The van der Waals surface area contributed by atoms with Crippen molar-refractivity contribution in [1.82, 2.24) is 4.98 Å². The number of nitrogens with zero attached hydrogens (tertiary/aromatic N) is 3. The molecule has 2 saturated heterocycles. The van der Waals surface area contributed by atoms with Gasteiger partial charge in [-0.15, -0.1) is 0 Å². The second kappa shape index (κ2) is 9.64. The number of amides is 1. The molecule has 38 heavy (non-hydrogen) atoms. The number of aliphatic hydroxyl groups is 1. The van der Waals surface area contributed by atoms with Crippen LogP contribution in [0.15, 0.2) is 30.3 Å². The number of sulfonamides is 1. The first-order valence-corrected chi connectivity index (χ1v) is 14.4. The lowest BCUT2D eigenvalue weighted by molar-refractivity contribution is -0.0267. The molecular formula is C26H33F2N5O4S. The molecule has 3 heterocycles. The van der Waals surface area contributed by atoms with E-state index in [0.717, 1.165) is 31.5 Å². The van der Waals surface area contributed by atoms with Crippen molar-refractivity contribution in [1.29, 1.82) is 0 Å². The van der Waals surface area contributed by atoms with Crippen LogP contribution in [0.5, 0.6) is 0 Å². The molecule has 1 amide bonds. The average Bonchev–Trinajstić information content (AvgIpc) is 3.60. The van der Waals surface area contributed by atoms with Crippen LogP contribution in [0, 0.1) is 12.3 Å². The Hall–Kier alpha value is -2.99. The minimum atomic E-state index is -3.81. The smallest absolute Gasteiger partial charge is 0.282 e. The summed E-state index contributed by atoms with van der Waals surface area (Å²) in [7, 11) is -3.81. The molecule has 0 unspecified atom stereocenters. The van der Waals surface area contributed by atoms with E-state index in [1.807, 2.05) is 0 Å². The van der Waals surface area contributed by atoms with Crippen LogP contribution in [0.3, 0.4) is 0 Å². The largest absolute Gasteiger partial charge is 0.395 e. The summed E-state index contributed by atoms with van der Waals surface area (Å²) < 4.78 is 54.4. The molecule has 2 aromatic rings. The van der Waals surface area contributed by atoms with Crippen molar-refractivity contribution in [2.75, 3.05) is 52.6 Å². The number of piperidine rings is 1. The van der Waals surface area contributed by atoms with Gasteiger partial charge in [-0.2, -0.15) is 0 Å². The van der Waals surface area contributed by atoms with E-state index < -0.39 is 46.8 Å². The van der Waals surface area contributed by atoms with E-state index in [1.54, 1.807) is 31.2 Å². The van der Waals surface area contributed by atoms with Crippen molar-refractivity contribution >= 4 is 38.9 Å². The summed E-state index contributed by atoms with van der Waals surface area (Å²) in [5.41, 5.74) is 2.44. The van der Waals surface area contributed by atoms with E-state index in [2.05, 4.69) is 19.9 Å². The van der Waals surface area contributed by atoms with Crippen LogP contribution >= 0.6 is 0 Å². The van der Waals surface area contributed by atoms with E-state index in [4.69, 9.17) is 0 Å². The van der Waals surface area contributed by atoms with E-state index in [0.29, 0.717) is 28.2 Å². The van der Waals surface area contributed by atoms with Crippen molar-refractivity contribution in [2.24, 2.45) is 5.41 Å².